The van der Waals surface area contributed by atoms with Gasteiger partial charge in [-0.3, -0.25) is 0 Å². The number of nitrogens with two attached hydrogens (primary N) is 1. The van der Waals surface area contributed by atoms with Crippen molar-refractivity contribution in [2.75, 3.05) is 19.0 Å². The van der Waals surface area contributed by atoms with E-state index in [1.807, 2.05) is 43.3 Å². The molecule has 0 aliphatic heterocycles. The number of halogens is 3. The van der Waals surface area contributed by atoms with E-state index in [1.165, 1.54) is 44.6 Å². The van der Waals surface area contributed by atoms with Crippen LogP contribution in [0.1, 0.15) is 49.8 Å². The molecule has 0 radical (unpaired) electrons. The van der Waals surface area contributed by atoms with Gasteiger partial charge >= 0.3 is 6.18 Å². The Hall–Kier alpha value is -3.02. The maximum atomic E-state index is 12.3. The van der Waals surface area contributed by atoms with Crippen molar-refractivity contribution in [1.82, 2.24) is 4.98 Å². The summed E-state index contributed by atoms with van der Waals surface area (Å²) in [7, 11) is 4.00. The minimum Gasteiger partial charge on any atom is -0.399 e. The van der Waals surface area contributed by atoms with Crippen LogP contribution in [0.4, 0.5) is 18.9 Å². The third-order valence-electron chi connectivity index (χ3n) is 5.12. The molecule has 0 spiro atoms. The topological polar surface area (TPSA) is 42.1 Å². The van der Waals surface area contributed by atoms with Crippen LogP contribution in [0.3, 0.4) is 0 Å². The highest BCUT2D eigenvalue weighted by Gasteiger charge is 2.32. The first-order chi connectivity index (χ1) is 15.2. The second-order valence-corrected chi connectivity index (χ2v) is 7.98. The first-order valence-corrected chi connectivity index (χ1v) is 10.8. The van der Waals surface area contributed by atoms with Crippen LogP contribution in [0.2, 0.25) is 0 Å². The van der Waals surface area contributed by atoms with E-state index in [0.29, 0.717) is 16.6 Å². The highest BCUT2D eigenvalue weighted by atomic mass is 19.4. The largest absolute Gasteiger partial charge is 0.433 e. The zero-order valence-electron chi connectivity index (χ0n) is 18.8. The quantitative estimate of drug-likeness (QED) is 0.453. The van der Waals surface area contributed by atoms with Crippen LogP contribution in [-0.4, -0.2) is 19.1 Å². The minimum absolute atomic E-state index is 0.363. The van der Waals surface area contributed by atoms with Crippen LogP contribution in [0.5, 0.6) is 0 Å². The van der Waals surface area contributed by atoms with Gasteiger partial charge in [-0.25, -0.2) is 4.98 Å². The first-order valence-electron chi connectivity index (χ1n) is 10.8. The smallest absolute Gasteiger partial charge is 0.399 e. The molecule has 1 fully saturated rings. The predicted octanol–water partition coefficient (Wildman–Crippen LogP) is 7.28. The average molecular weight is 444 g/mol. The molecule has 3 aromatic rings. The Balaban J connectivity index is 0.000000183. The zero-order chi connectivity index (χ0) is 23.6. The van der Waals surface area contributed by atoms with Gasteiger partial charge in [-0.15, -0.1) is 0 Å². The molecule has 32 heavy (non-hydrogen) atoms. The third-order valence-corrected chi connectivity index (χ3v) is 5.12. The van der Waals surface area contributed by atoms with E-state index in [2.05, 4.69) is 11.6 Å². The summed E-state index contributed by atoms with van der Waals surface area (Å²) in [6.07, 6.45) is 4.63. The molecule has 1 aromatic heterocycles. The lowest BCUT2D eigenvalue weighted by Gasteiger charge is -2.13. The van der Waals surface area contributed by atoms with Crippen molar-refractivity contribution in [3.05, 3.63) is 78.5 Å². The number of aromatic nitrogens is 1. The summed E-state index contributed by atoms with van der Waals surface area (Å²) in [5.41, 5.74) is 7.82. The van der Waals surface area contributed by atoms with Gasteiger partial charge in [-0.2, -0.15) is 13.2 Å². The van der Waals surface area contributed by atoms with Crippen molar-refractivity contribution >= 4 is 22.3 Å². The summed E-state index contributed by atoms with van der Waals surface area (Å²) in [5, 5.41) is 0.709. The number of rotatable bonds is 2. The van der Waals surface area contributed by atoms with Gasteiger partial charge in [-0.1, -0.05) is 81.5 Å². The Labute approximate surface area is 188 Å². The molecule has 3 nitrogen and oxygen atoms in total. The van der Waals surface area contributed by atoms with Gasteiger partial charge in [0.2, 0.25) is 0 Å². The Morgan fingerprint density at radius 3 is 2.00 bits per heavy atom. The van der Waals surface area contributed by atoms with Crippen molar-refractivity contribution in [2.45, 2.75) is 44.7 Å². The van der Waals surface area contributed by atoms with Crippen molar-refractivity contribution in [1.29, 1.82) is 0 Å². The van der Waals surface area contributed by atoms with Crippen molar-refractivity contribution in [3.63, 3.8) is 0 Å². The van der Waals surface area contributed by atoms with Gasteiger partial charge in [0.1, 0.15) is 5.69 Å². The summed E-state index contributed by atoms with van der Waals surface area (Å²) < 4.78 is 36.8. The first kappa shape index (κ1) is 25.2. The van der Waals surface area contributed by atoms with Gasteiger partial charge in [0, 0.05) is 30.9 Å². The molecule has 0 amide bonds. The van der Waals surface area contributed by atoms with Crippen LogP contribution in [0.15, 0.2) is 67.2 Å². The summed E-state index contributed by atoms with van der Waals surface area (Å²) >= 11 is 0. The van der Waals surface area contributed by atoms with E-state index < -0.39 is 11.9 Å². The monoisotopic (exact) mass is 443 g/mol. The van der Waals surface area contributed by atoms with Crippen LogP contribution in [0, 0.1) is 0 Å². The third kappa shape index (κ3) is 8.25. The van der Waals surface area contributed by atoms with Crippen LogP contribution >= 0.6 is 0 Å². The number of benzene rings is 2. The molecule has 4 rings (SSSR count). The molecule has 2 aromatic carbocycles. The molecular formula is C26H32F3N3. The van der Waals surface area contributed by atoms with E-state index in [9.17, 15) is 13.2 Å². The minimum atomic E-state index is -4.37. The van der Waals surface area contributed by atoms with E-state index in [0.717, 1.165) is 17.3 Å². The molecule has 6 heteroatoms. The number of alkyl halides is 3. The second-order valence-electron chi connectivity index (χ2n) is 7.98. The molecule has 0 unspecified atom stereocenters. The van der Waals surface area contributed by atoms with Crippen molar-refractivity contribution < 1.29 is 13.2 Å². The van der Waals surface area contributed by atoms with Crippen LogP contribution in [0.25, 0.3) is 16.6 Å². The average Bonchev–Trinajstić information content (AvgIpc) is 2.80. The number of nitrogens with zero attached hydrogens (tertiary/aromatic N) is 2. The van der Waals surface area contributed by atoms with Gasteiger partial charge in [0.15, 0.2) is 0 Å². The number of hydrogen-bond acceptors (Lipinski definition) is 3. The number of pyridine rings is 1. The summed E-state index contributed by atoms with van der Waals surface area (Å²) in [4.78, 5) is 5.56. The number of hydrogen-bond donors (Lipinski definition) is 1. The Morgan fingerprint density at radius 1 is 0.875 bits per heavy atom. The lowest BCUT2D eigenvalue weighted by Crippen LogP contribution is -2.08. The molecule has 1 saturated carbocycles. The summed E-state index contributed by atoms with van der Waals surface area (Å²) in [5.74, 6) is 0. The number of fused-ring (bicyclic) bond motifs is 1. The number of para-hydroxylation sites is 1. The fourth-order valence-corrected chi connectivity index (χ4v) is 3.27. The molecule has 0 saturated heterocycles. The maximum absolute atomic E-state index is 12.3. The predicted molar refractivity (Wildman–Crippen MR) is 128 cm³/mol. The standard InChI is InChI=1S/C10H6F3N.C10H14N2.C6H12/c11-10(12,13)9-6-5-7-3-1-2-4-8(7)14-9;1-8(11)9-5-4-6-10(7-9)12(2)3;1-2-4-6-5-3-1/h1-6H;4-7H,1,11H2,2-3H3;1-6H2. The SMILES string of the molecule is C1CCCCC1.C=C(N)c1cccc(N(C)C)c1.FC(F)(F)c1ccc2ccccc2n1. The van der Waals surface area contributed by atoms with Crippen LogP contribution < -0.4 is 10.6 Å². The molecule has 2 N–H and O–H groups in total. The molecule has 0 bridgehead atoms. The number of anilines is 1. The van der Waals surface area contributed by atoms with Crippen molar-refractivity contribution in [3.8, 4) is 0 Å². The lowest BCUT2D eigenvalue weighted by atomic mass is 10.0. The molecule has 1 aliphatic carbocycles. The van der Waals surface area contributed by atoms with E-state index in [-0.39, 0.29) is 0 Å². The molecule has 0 atom stereocenters. The lowest BCUT2D eigenvalue weighted by molar-refractivity contribution is -0.140. The molecule has 1 heterocycles. The van der Waals surface area contributed by atoms with E-state index >= 15 is 0 Å². The fourth-order valence-electron chi connectivity index (χ4n) is 3.27. The van der Waals surface area contributed by atoms with Crippen LogP contribution in [-0.2, 0) is 6.18 Å². The highest BCUT2D eigenvalue weighted by Crippen LogP contribution is 2.28. The maximum Gasteiger partial charge on any atom is 0.433 e. The van der Waals surface area contributed by atoms with E-state index in [4.69, 9.17) is 5.73 Å². The Morgan fingerprint density at radius 2 is 1.47 bits per heavy atom. The van der Waals surface area contributed by atoms with E-state index in [1.54, 1.807) is 24.3 Å². The van der Waals surface area contributed by atoms with Gasteiger partial charge in [0.05, 0.1) is 5.52 Å². The molecular weight excluding hydrogens is 411 g/mol. The van der Waals surface area contributed by atoms with Gasteiger partial charge in [0.25, 0.3) is 0 Å². The molecule has 172 valence electrons. The fraction of sp³-hybridized carbons (Fsp3) is 0.346. The Kier molecular flexibility index (Phi) is 9.57. The summed E-state index contributed by atoms with van der Waals surface area (Å²) in [6.45, 7) is 3.69. The highest BCUT2D eigenvalue weighted by molar-refractivity contribution is 5.78. The summed E-state index contributed by atoms with van der Waals surface area (Å²) in [6, 6.07) is 17.1. The van der Waals surface area contributed by atoms with Gasteiger partial charge in [-0.05, 0) is 29.8 Å². The zero-order valence-corrected chi connectivity index (χ0v) is 18.8. The van der Waals surface area contributed by atoms with Crippen molar-refractivity contribution in [2.24, 2.45) is 5.73 Å². The molecule has 1 aliphatic rings. The van der Waals surface area contributed by atoms with Gasteiger partial charge < -0.3 is 10.6 Å². The normalized spacial score (nSPS) is 13.3. The Bertz CT molecular complexity index is 981. The second kappa shape index (κ2) is 12.1.